The van der Waals surface area contributed by atoms with Gasteiger partial charge in [-0.2, -0.15) is 5.26 Å². The van der Waals surface area contributed by atoms with Crippen LogP contribution in [-0.4, -0.2) is 14.2 Å². The number of rotatable bonds is 1. The summed E-state index contributed by atoms with van der Waals surface area (Å²) in [6, 6.07) is 8.15. The molecule has 0 atom stereocenters. The largest absolute Gasteiger partial charge is 0.495 e. The maximum atomic E-state index is 8.90. The molecule has 2 rings (SSSR count). The second-order valence-corrected chi connectivity index (χ2v) is 4.70. The van der Waals surface area contributed by atoms with E-state index in [-0.39, 0.29) is 5.41 Å². The lowest BCUT2D eigenvalue weighted by Gasteiger charge is -2.22. The molecule has 0 bridgehead atoms. The van der Waals surface area contributed by atoms with Gasteiger partial charge in [0, 0.05) is 24.2 Å². The lowest BCUT2D eigenvalue weighted by Crippen LogP contribution is -2.22. The lowest BCUT2D eigenvalue weighted by molar-refractivity contribution is 0.415. The van der Waals surface area contributed by atoms with Crippen molar-refractivity contribution in [3.05, 3.63) is 35.5 Å². The lowest BCUT2D eigenvalue weighted by atomic mass is 9.84. The van der Waals surface area contributed by atoms with Gasteiger partial charge in [0.15, 0.2) is 0 Å². The number of fused-ring (bicyclic) bond motifs is 1. The highest BCUT2D eigenvalue weighted by Gasteiger charge is 2.40. The van der Waals surface area contributed by atoms with E-state index in [1.165, 1.54) is 5.56 Å². The molecule has 1 aromatic rings. The average molecular weight is 228 g/mol. The number of para-hydroxylation sites is 1. The summed E-state index contributed by atoms with van der Waals surface area (Å²) in [6.07, 6.45) is 1.61. The molecule has 0 aliphatic carbocycles. The number of benzene rings is 1. The molecule has 0 spiro atoms. The van der Waals surface area contributed by atoms with Crippen molar-refractivity contribution in [1.82, 2.24) is 0 Å². The minimum Gasteiger partial charge on any atom is -0.495 e. The van der Waals surface area contributed by atoms with E-state index in [1.54, 1.807) is 13.2 Å². The van der Waals surface area contributed by atoms with Crippen molar-refractivity contribution in [2.24, 2.45) is 0 Å². The molecule has 3 heteroatoms. The van der Waals surface area contributed by atoms with Gasteiger partial charge in [0.1, 0.15) is 5.75 Å². The van der Waals surface area contributed by atoms with Crippen LogP contribution in [0.15, 0.2) is 30.0 Å². The summed E-state index contributed by atoms with van der Waals surface area (Å²) in [6.45, 7) is 4.25. The van der Waals surface area contributed by atoms with Gasteiger partial charge in [-0.15, -0.1) is 0 Å². The zero-order chi connectivity index (χ0) is 12.6. The van der Waals surface area contributed by atoms with Crippen LogP contribution in [0.2, 0.25) is 0 Å². The molecule has 3 nitrogen and oxygen atoms in total. The molecule has 17 heavy (non-hydrogen) atoms. The zero-order valence-electron chi connectivity index (χ0n) is 10.6. The van der Waals surface area contributed by atoms with Crippen molar-refractivity contribution in [3.63, 3.8) is 0 Å². The van der Waals surface area contributed by atoms with E-state index in [9.17, 15) is 0 Å². The summed E-state index contributed by atoms with van der Waals surface area (Å²) < 4.78 is 5.40. The molecule has 88 valence electrons. The number of hydrogen-bond donors (Lipinski definition) is 0. The van der Waals surface area contributed by atoms with E-state index < -0.39 is 0 Å². The summed E-state index contributed by atoms with van der Waals surface area (Å²) in [5.74, 6) is 0.847. The van der Waals surface area contributed by atoms with E-state index >= 15 is 0 Å². The van der Waals surface area contributed by atoms with Gasteiger partial charge in [0.05, 0.1) is 18.9 Å². The molecule has 0 radical (unpaired) electrons. The molecule has 0 unspecified atom stereocenters. The molecule has 0 fully saturated rings. The Morgan fingerprint density at radius 1 is 1.41 bits per heavy atom. The Morgan fingerprint density at radius 3 is 2.71 bits per heavy atom. The third-order valence-corrected chi connectivity index (χ3v) is 3.43. The standard InChI is InChI=1S/C14H16N2O/c1-14(2)10-6-5-7-11(17-4)13(10)16(3)12(14)8-9-15/h5-8H,1-4H3/b12-8-. The Morgan fingerprint density at radius 2 is 2.12 bits per heavy atom. The summed E-state index contributed by atoms with van der Waals surface area (Å²) >= 11 is 0. The molecule has 1 aliphatic rings. The fourth-order valence-corrected chi connectivity index (χ4v) is 2.55. The molecule has 1 aromatic carbocycles. The fourth-order valence-electron chi connectivity index (χ4n) is 2.55. The molecule has 1 aliphatic heterocycles. The first-order valence-corrected chi connectivity index (χ1v) is 5.55. The Labute approximate surface area is 102 Å². The first-order valence-electron chi connectivity index (χ1n) is 5.55. The van der Waals surface area contributed by atoms with Crippen LogP contribution in [0.1, 0.15) is 19.4 Å². The number of hydrogen-bond acceptors (Lipinski definition) is 3. The summed E-state index contributed by atoms with van der Waals surface area (Å²) in [4.78, 5) is 2.04. The van der Waals surface area contributed by atoms with E-state index in [0.717, 1.165) is 17.1 Å². The molecule has 0 aromatic heterocycles. The van der Waals surface area contributed by atoms with Gasteiger partial charge in [0.25, 0.3) is 0 Å². The normalized spacial score (nSPS) is 19.0. The topological polar surface area (TPSA) is 36.3 Å². The first kappa shape index (κ1) is 11.5. The van der Waals surface area contributed by atoms with Crippen molar-refractivity contribution >= 4 is 5.69 Å². The van der Waals surface area contributed by atoms with Crippen LogP contribution in [0.25, 0.3) is 0 Å². The third kappa shape index (κ3) is 1.49. The average Bonchev–Trinajstić information content (AvgIpc) is 2.51. The van der Waals surface area contributed by atoms with Gasteiger partial charge in [-0.25, -0.2) is 0 Å². The molecule has 0 saturated heterocycles. The number of anilines is 1. The Kier molecular flexibility index (Phi) is 2.59. The summed E-state index contributed by atoms with van der Waals surface area (Å²) in [5, 5.41) is 8.90. The highest BCUT2D eigenvalue weighted by atomic mass is 16.5. The third-order valence-electron chi connectivity index (χ3n) is 3.43. The van der Waals surface area contributed by atoms with Crippen LogP contribution in [0.4, 0.5) is 5.69 Å². The monoisotopic (exact) mass is 228 g/mol. The molecule has 0 saturated carbocycles. The minimum atomic E-state index is -0.158. The van der Waals surface area contributed by atoms with E-state index in [1.807, 2.05) is 24.1 Å². The number of nitrogens with zero attached hydrogens (tertiary/aromatic N) is 2. The highest BCUT2D eigenvalue weighted by Crippen LogP contribution is 2.50. The number of methoxy groups -OCH3 is 1. The molecule has 1 heterocycles. The maximum Gasteiger partial charge on any atom is 0.142 e. The summed E-state index contributed by atoms with van der Waals surface area (Å²) in [5.41, 5.74) is 3.09. The molecule has 0 amide bonds. The smallest absolute Gasteiger partial charge is 0.142 e. The van der Waals surface area contributed by atoms with Crippen LogP contribution < -0.4 is 9.64 Å². The Balaban J connectivity index is 2.71. The van der Waals surface area contributed by atoms with E-state index in [0.29, 0.717) is 0 Å². The van der Waals surface area contributed by atoms with Crippen LogP contribution in [-0.2, 0) is 5.41 Å². The van der Waals surface area contributed by atoms with Gasteiger partial charge in [-0.05, 0) is 11.6 Å². The summed E-state index contributed by atoms with van der Waals surface area (Å²) in [7, 11) is 3.64. The fraction of sp³-hybridized carbons (Fsp3) is 0.357. The molecular weight excluding hydrogens is 212 g/mol. The van der Waals surface area contributed by atoms with Crippen molar-refractivity contribution in [3.8, 4) is 11.8 Å². The minimum absolute atomic E-state index is 0.158. The van der Waals surface area contributed by atoms with Gasteiger partial charge in [-0.3, -0.25) is 0 Å². The van der Waals surface area contributed by atoms with Gasteiger partial charge < -0.3 is 9.64 Å². The second kappa shape index (κ2) is 3.81. The highest BCUT2D eigenvalue weighted by molar-refractivity contribution is 5.76. The predicted molar refractivity (Wildman–Crippen MR) is 68.1 cm³/mol. The quantitative estimate of drug-likeness (QED) is 0.693. The number of allylic oxidation sites excluding steroid dienone is 2. The van der Waals surface area contributed by atoms with Gasteiger partial charge in [-0.1, -0.05) is 26.0 Å². The molecule has 0 N–H and O–H groups in total. The Bertz CT molecular complexity index is 524. The zero-order valence-corrected chi connectivity index (χ0v) is 10.6. The van der Waals surface area contributed by atoms with Crippen LogP contribution >= 0.6 is 0 Å². The van der Waals surface area contributed by atoms with Crippen LogP contribution in [0, 0.1) is 11.3 Å². The van der Waals surface area contributed by atoms with Crippen molar-refractivity contribution in [2.45, 2.75) is 19.3 Å². The van der Waals surface area contributed by atoms with E-state index in [2.05, 4.69) is 26.0 Å². The van der Waals surface area contributed by atoms with Crippen molar-refractivity contribution in [1.29, 1.82) is 5.26 Å². The van der Waals surface area contributed by atoms with Gasteiger partial charge in [0.2, 0.25) is 0 Å². The Hall–Kier alpha value is -1.95. The number of likely N-dealkylation sites (N-methyl/N-ethyl adjacent to an activating group) is 1. The number of nitriles is 1. The van der Waals surface area contributed by atoms with Crippen LogP contribution in [0.5, 0.6) is 5.75 Å². The number of ether oxygens (including phenoxy) is 1. The predicted octanol–water partition coefficient (Wildman–Crippen LogP) is 2.83. The van der Waals surface area contributed by atoms with E-state index in [4.69, 9.17) is 10.00 Å². The van der Waals surface area contributed by atoms with Crippen molar-refractivity contribution < 1.29 is 4.74 Å². The maximum absolute atomic E-state index is 8.90. The first-order chi connectivity index (χ1) is 8.04. The van der Waals surface area contributed by atoms with Gasteiger partial charge >= 0.3 is 0 Å². The molecular formula is C14H16N2O. The second-order valence-electron chi connectivity index (χ2n) is 4.70. The SMILES string of the molecule is COc1cccc2c1N(C)/C(=C\C#N)C2(C)C. The van der Waals surface area contributed by atoms with Crippen LogP contribution in [0.3, 0.4) is 0 Å². The van der Waals surface area contributed by atoms with Crippen molar-refractivity contribution in [2.75, 3.05) is 19.1 Å².